The van der Waals surface area contributed by atoms with Crippen LogP contribution in [0.2, 0.25) is 16.6 Å². The number of amides is 1. The number of pyridine rings is 1. The maximum Gasteiger partial charge on any atom is 0.410 e. The summed E-state index contributed by atoms with van der Waals surface area (Å²) in [7, 11) is -4.92. The van der Waals surface area contributed by atoms with Gasteiger partial charge in [0.05, 0.1) is 40.5 Å². The third-order valence-electron chi connectivity index (χ3n) is 13.1. The second-order valence-electron chi connectivity index (χ2n) is 18.9. The van der Waals surface area contributed by atoms with Gasteiger partial charge in [-0.3, -0.25) is 4.90 Å². The van der Waals surface area contributed by atoms with Gasteiger partial charge in [-0.15, -0.1) is 5.54 Å². The number of anilines is 1. The largest absolute Gasteiger partial charge is 0.468 e. The number of sulfone groups is 1. The Morgan fingerprint density at radius 2 is 1.69 bits per heavy atom. The highest BCUT2D eigenvalue weighted by Crippen LogP contribution is 2.47. The summed E-state index contributed by atoms with van der Waals surface area (Å²) < 4.78 is 78.7. The molecule has 0 saturated carbocycles. The van der Waals surface area contributed by atoms with Gasteiger partial charge in [0.25, 0.3) is 0 Å². The first-order chi connectivity index (χ1) is 28.6. The summed E-state index contributed by atoms with van der Waals surface area (Å²) in [4.78, 5) is 31.9. The molecule has 2 bridgehead atoms. The lowest BCUT2D eigenvalue weighted by Crippen LogP contribution is -2.63. The average molecular weight is 876 g/mol. The molecular formula is C46H59F2N5O6SSi. The number of methoxy groups -OCH3 is 1. The van der Waals surface area contributed by atoms with Gasteiger partial charge in [-0.2, -0.15) is 0 Å². The molecule has 0 radical (unpaired) electrons. The summed E-state index contributed by atoms with van der Waals surface area (Å²) in [6.07, 6.45) is 1.36. The third kappa shape index (κ3) is 7.75. The van der Waals surface area contributed by atoms with Crippen molar-refractivity contribution in [1.29, 1.82) is 0 Å². The lowest BCUT2D eigenvalue weighted by molar-refractivity contribution is 0.00490. The summed E-state index contributed by atoms with van der Waals surface area (Å²) in [6, 6.07) is 5.50. The van der Waals surface area contributed by atoms with Crippen LogP contribution in [0.1, 0.15) is 100 Å². The Balaban J connectivity index is 1.52. The second-order valence-corrected chi connectivity index (χ2v) is 26.6. The Hall–Kier alpha value is -4.39. The minimum absolute atomic E-state index is 0.102. The van der Waals surface area contributed by atoms with Crippen LogP contribution in [-0.4, -0.2) is 92.4 Å². The van der Waals surface area contributed by atoms with E-state index in [1.165, 1.54) is 20.1 Å². The van der Waals surface area contributed by atoms with Crippen molar-refractivity contribution in [2.45, 2.75) is 141 Å². The van der Waals surface area contributed by atoms with Crippen molar-refractivity contribution in [3.05, 3.63) is 47.2 Å². The van der Waals surface area contributed by atoms with Crippen molar-refractivity contribution in [3.63, 3.8) is 0 Å². The molecule has 3 aliphatic heterocycles. The summed E-state index contributed by atoms with van der Waals surface area (Å²) in [5.41, 5.74) is 4.26. The molecule has 2 aromatic carbocycles. The number of ether oxygens (including phenoxy) is 3. The molecule has 3 aliphatic rings. The van der Waals surface area contributed by atoms with Crippen LogP contribution in [0.15, 0.2) is 29.4 Å². The highest BCUT2D eigenvalue weighted by atomic mass is 32.2. The Kier molecular flexibility index (Phi) is 12.0. The fraction of sp³-hybridized carbons (Fsp3) is 0.565. The molecule has 1 amide bonds. The Bertz CT molecular complexity index is 2550. The maximum absolute atomic E-state index is 17.9. The molecule has 2 aromatic heterocycles. The van der Waals surface area contributed by atoms with Gasteiger partial charge in [-0.05, 0) is 86.2 Å². The number of aromatic nitrogens is 3. The van der Waals surface area contributed by atoms with Gasteiger partial charge in [-0.25, -0.2) is 36.9 Å². The van der Waals surface area contributed by atoms with E-state index in [0.717, 1.165) is 6.42 Å². The van der Waals surface area contributed by atoms with Gasteiger partial charge in [0.1, 0.15) is 42.3 Å². The molecular weight excluding hydrogens is 817 g/mol. The first-order valence-electron chi connectivity index (χ1n) is 21.5. The minimum atomic E-state index is -4.05. The number of fused-ring (bicyclic) bond motifs is 6. The number of carbonyl (C=O) groups is 1. The normalized spacial score (nSPS) is 20.3. The quantitative estimate of drug-likeness (QED) is 0.0695. The minimum Gasteiger partial charge on any atom is -0.468 e. The fourth-order valence-corrected chi connectivity index (χ4v) is 16.4. The molecule has 4 atom stereocenters. The Morgan fingerprint density at radius 3 is 2.31 bits per heavy atom. The number of nitrogens with zero attached hydrogens (tertiary/aromatic N) is 5. The molecule has 5 heterocycles. The summed E-state index contributed by atoms with van der Waals surface area (Å²) >= 11 is 0. The van der Waals surface area contributed by atoms with Gasteiger partial charge in [0.2, 0.25) is 15.0 Å². The van der Waals surface area contributed by atoms with Crippen molar-refractivity contribution in [1.82, 2.24) is 19.9 Å². The predicted octanol–water partition coefficient (Wildman–Crippen LogP) is 9.62. The van der Waals surface area contributed by atoms with Gasteiger partial charge in [0.15, 0.2) is 12.6 Å². The number of rotatable bonds is 9. The zero-order valence-corrected chi connectivity index (χ0v) is 39.3. The van der Waals surface area contributed by atoms with Crippen LogP contribution in [0.5, 0.6) is 5.75 Å². The van der Waals surface area contributed by atoms with Gasteiger partial charge in [0, 0.05) is 24.6 Å². The fourth-order valence-electron chi connectivity index (χ4n) is 10.5. The van der Waals surface area contributed by atoms with Crippen molar-refractivity contribution in [2.75, 3.05) is 31.1 Å². The number of halogens is 2. The highest BCUT2D eigenvalue weighted by molar-refractivity contribution is 7.91. The summed E-state index contributed by atoms with van der Waals surface area (Å²) in [5, 5.41) is 0.731. The van der Waals surface area contributed by atoms with Gasteiger partial charge < -0.3 is 19.1 Å². The lowest BCUT2D eigenvalue weighted by Gasteiger charge is -2.49. The molecule has 0 N–H and O–H groups in total. The van der Waals surface area contributed by atoms with Crippen molar-refractivity contribution < 1.29 is 36.2 Å². The smallest absolute Gasteiger partial charge is 0.410 e. The maximum atomic E-state index is 17.9. The first-order valence-corrected chi connectivity index (χ1v) is 25.4. The number of benzene rings is 2. The topological polar surface area (TPSA) is 124 Å². The molecule has 7 rings (SSSR count). The Labute approximate surface area is 359 Å². The molecule has 0 spiro atoms. The SMILES string of the molecule is CCS(=O)(=O)c1nc2c3c(nc(-c4cc(OCOC)cc5ccc(F)c(C#C[Si](C(C)C)(C(C)C)C(C)C)c45)c(F)c3n1)C[C@H](C)[C@H]1[C@@H]3CC[C@H](CN21)N3C(=O)OC(C)(C)C. The molecule has 328 valence electrons. The number of carbonyl (C=O) groups excluding carboxylic acids is 1. The van der Waals surface area contributed by atoms with Crippen LogP contribution < -0.4 is 9.64 Å². The van der Waals surface area contributed by atoms with Crippen molar-refractivity contribution >= 4 is 51.5 Å². The van der Waals surface area contributed by atoms with E-state index < -0.39 is 46.4 Å². The first kappa shape index (κ1) is 44.7. The van der Waals surface area contributed by atoms with Gasteiger partial charge >= 0.3 is 6.09 Å². The molecule has 4 aromatic rings. The third-order valence-corrected chi connectivity index (χ3v) is 20.9. The highest BCUT2D eigenvalue weighted by Gasteiger charge is 2.53. The van der Waals surface area contributed by atoms with Crippen LogP contribution >= 0.6 is 0 Å². The van der Waals surface area contributed by atoms with Crippen molar-refractivity contribution in [2.24, 2.45) is 5.92 Å². The summed E-state index contributed by atoms with van der Waals surface area (Å²) in [6.45, 7) is 22.4. The van der Waals surface area contributed by atoms with Crippen LogP contribution in [0.3, 0.4) is 0 Å². The molecule has 0 unspecified atom stereocenters. The molecule has 0 aliphatic carbocycles. The van der Waals surface area contributed by atoms with E-state index in [0.29, 0.717) is 47.0 Å². The Morgan fingerprint density at radius 1 is 1.00 bits per heavy atom. The van der Waals surface area contributed by atoms with Crippen LogP contribution in [0, 0.1) is 29.0 Å². The van der Waals surface area contributed by atoms with E-state index in [-0.39, 0.29) is 81.4 Å². The van der Waals surface area contributed by atoms with E-state index in [1.54, 1.807) is 18.2 Å². The summed E-state index contributed by atoms with van der Waals surface area (Å²) in [5.74, 6) is 2.02. The number of hydrogen-bond donors (Lipinski definition) is 0. The molecule has 2 fully saturated rings. The van der Waals surface area contributed by atoms with Crippen LogP contribution in [0.4, 0.5) is 19.4 Å². The van der Waals surface area contributed by atoms with E-state index in [2.05, 4.69) is 69.8 Å². The molecule has 11 nitrogen and oxygen atoms in total. The average Bonchev–Trinajstić information content (AvgIpc) is 3.43. The zero-order chi connectivity index (χ0) is 44.5. The van der Waals surface area contributed by atoms with Gasteiger partial charge in [-0.1, -0.05) is 67.4 Å². The van der Waals surface area contributed by atoms with E-state index >= 15 is 8.78 Å². The number of hydrogen-bond acceptors (Lipinski definition) is 10. The van der Waals surface area contributed by atoms with E-state index in [4.69, 9.17) is 24.2 Å². The van der Waals surface area contributed by atoms with Crippen molar-refractivity contribution in [3.8, 4) is 28.5 Å². The number of piperazine rings is 1. The second kappa shape index (κ2) is 16.4. The molecule has 2 saturated heterocycles. The van der Waals surface area contributed by atoms with E-state index in [1.807, 2.05) is 25.7 Å². The molecule has 15 heteroatoms. The zero-order valence-electron chi connectivity index (χ0n) is 37.4. The van der Waals surface area contributed by atoms with Crippen LogP contribution in [-0.2, 0) is 25.7 Å². The monoisotopic (exact) mass is 875 g/mol. The lowest BCUT2D eigenvalue weighted by atomic mass is 9.88. The molecule has 61 heavy (non-hydrogen) atoms. The van der Waals surface area contributed by atoms with E-state index in [9.17, 15) is 13.2 Å². The standard InChI is InChI=1S/C46H59F2N5O6SSi/c1-13-60(55,56)44-50-41-38-35(20-28(8)42-36-17-15-30(23-52(42)43(38)51-44)53(36)45(54)59-46(9,10)11)49-40(39(41)48)33-22-31(58-24-57-12)21-29-14-16-34(47)32(37(29)33)18-19-61(25(2)3,26(4)5)27(6)7/h14,16,21-22,25-28,30,36,42H,13,15,17,20,23-24H2,1-12H3/t28-,30+,36-,42-/m0/s1. The van der Waals surface area contributed by atoms with Crippen LogP contribution in [0.25, 0.3) is 32.9 Å². The predicted molar refractivity (Wildman–Crippen MR) is 237 cm³/mol.